The minimum atomic E-state index is -0.469. The zero-order valence-electron chi connectivity index (χ0n) is 14.7. The fourth-order valence-electron chi connectivity index (χ4n) is 2.37. The molecule has 0 radical (unpaired) electrons. The lowest BCUT2D eigenvalue weighted by Crippen LogP contribution is -2.24. The molecule has 0 spiro atoms. The number of ether oxygens (including phenoxy) is 1. The van der Waals surface area contributed by atoms with Crippen molar-refractivity contribution in [3.05, 3.63) is 53.6 Å². The predicted octanol–water partition coefficient (Wildman–Crippen LogP) is 3.44. The Morgan fingerprint density at radius 1 is 1.26 bits per heavy atom. The molecule has 3 N–H and O–H groups in total. The van der Waals surface area contributed by atoms with Crippen LogP contribution in [-0.4, -0.2) is 33.1 Å². The summed E-state index contributed by atoms with van der Waals surface area (Å²) in [5.74, 6) is 6.93. The molecule has 1 atom stereocenters. The number of benzene rings is 2. The van der Waals surface area contributed by atoms with E-state index >= 15 is 0 Å². The van der Waals surface area contributed by atoms with Gasteiger partial charge >= 0.3 is 0 Å². The topological polar surface area (TPSA) is 95.1 Å². The van der Waals surface area contributed by atoms with Gasteiger partial charge in [-0.15, -0.1) is 10.2 Å². The van der Waals surface area contributed by atoms with Crippen LogP contribution in [0.2, 0.25) is 5.02 Å². The largest absolute Gasteiger partial charge is 0.495 e. The summed E-state index contributed by atoms with van der Waals surface area (Å²) in [5.41, 5.74) is 1.35. The van der Waals surface area contributed by atoms with Crippen LogP contribution in [0.25, 0.3) is 11.4 Å². The number of hydrogen-bond donors (Lipinski definition) is 2. The molecule has 0 aliphatic carbocycles. The van der Waals surface area contributed by atoms with Crippen LogP contribution in [0.5, 0.6) is 5.75 Å². The molecule has 7 nitrogen and oxygen atoms in total. The van der Waals surface area contributed by atoms with Gasteiger partial charge in [-0.05, 0) is 25.1 Å². The second-order valence-electron chi connectivity index (χ2n) is 5.64. The average molecular weight is 404 g/mol. The predicted molar refractivity (Wildman–Crippen MR) is 108 cm³/mol. The highest BCUT2D eigenvalue weighted by Crippen LogP contribution is 2.30. The number of aromatic nitrogens is 3. The highest BCUT2D eigenvalue weighted by molar-refractivity contribution is 8.00. The summed E-state index contributed by atoms with van der Waals surface area (Å²) < 4.78 is 6.62. The van der Waals surface area contributed by atoms with Crippen LogP contribution in [-0.2, 0) is 4.79 Å². The molecule has 3 aromatic rings. The van der Waals surface area contributed by atoms with Crippen LogP contribution < -0.4 is 15.9 Å². The number of nitrogens with two attached hydrogens (primary N) is 1. The van der Waals surface area contributed by atoms with Gasteiger partial charge in [0.25, 0.3) is 0 Å². The van der Waals surface area contributed by atoms with Gasteiger partial charge in [0.15, 0.2) is 5.82 Å². The summed E-state index contributed by atoms with van der Waals surface area (Å²) in [6.45, 7) is 1.76. The zero-order valence-corrected chi connectivity index (χ0v) is 16.3. The second-order valence-corrected chi connectivity index (χ2v) is 7.38. The Kier molecular flexibility index (Phi) is 5.88. The van der Waals surface area contributed by atoms with E-state index < -0.39 is 5.25 Å². The zero-order chi connectivity index (χ0) is 19.4. The van der Waals surface area contributed by atoms with E-state index in [1.165, 1.54) is 23.5 Å². The number of carbonyl (C=O) groups is 1. The van der Waals surface area contributed by atoms with E-state index in [1.54, 1.807) is 25.1 Å². The minimum Gasteiger partial charge on any atom is -0.495 e. The fourth-order valence-corrected chi connectivity index (χ4v) is 3.31. The van der Waals surface area contributed by atoms with Crippen molar-refractivity contribution in [1.82, 2.24) is 14.9 Å². The van der Waals surface area contributed by atoms with Crippen molar-refractivity contribution in [2.45, 2.75) is 17.3 Å². The van der Waals surface area contributed by atoms with Crippen LogP contribution in [0, 0.1) is 0 Å². The highest BCUT2D eigenvalue weighted by atomic mass is 35.5. The van der Waals surface area contributed by atoms with E-state index in [1.807, 2.05) is 30.3 Å². The van der Waals surface area contributed by atoms with Crippen molar-refractivity contribution in [3.8, 4) is 17.1 Å². The molecule has 3 rings (SSSR count). The Labute approximate surface area is 165 Å². The number of rotatable bonds is 6. The van der Waals surface area contributed by atoms with E-state index in [2.05, 4.69) is 15.5 Å². The van der Waals surface area contributed by atoms with Crippen molar-refractivity contribution in [2.24, 2.45) is 0 Å². The van der Waals surface area contributed by atoms with Gasteiger partial charge < -0.3 is 15.9 Å². The van der Waals surface area contributed by atoms with E-state index in [9.17, 15) is 4.79 Å². The van der Waals surface area contributed by atoms with Gasteiger partial charge in [-0.1, -0.05) is 53.7 Å². The number of nitrogens with zero attached hydrogens (tertiary/aromatic N) is 3. The first-order valence-corrected chi connectivity index (χ1v) is 9.32. The van der Waals surface area contributed by atoms with Crippen molar-refractivity contribution >= 4 is 35.0 Å². The summed E-state index contributed by atoms with van der Waals surface area (Å²) in [6.07, 6.45) is 0. The summed E-state index contributed by atoms with van der Waals surface area (Å²) in [4.78, 5) is 12.6. The van der Waals surface area contributed by atoms with E-state index in [0.717, 1.165) is 5.56 Å². The normalized spacial score (nSPS) is 11.8. The standard InChI is InChI=1S/C18H18ClN5O2S/c1-11(17(25)21-14-10-13(19)8-9-15(14)26-2)27-18-23-22-16(24(18)20)12-6-4-3-5-7-12/h3-11H,20H2,1-2H3,(H,21,25). The van der Waals surface area contributed by atoms with Crippen LogP contribution in [0.3, 0.4) is 0 Å². The maximum Gasteiger partial charge on any atom is 0.237 e. The molecule has 27 heavy (non-hydrogen) atoms. The van der Waals surface area contributed by atoms with Gasteiger partial charge in [-0.3, -0.25) is 4.79 Å². The van der Waals surface area contributed by atoms with E-state index in [0.29, 0.717) is 27.4 Å². The van der Waals surface area contributed by atoms with Crippen molar-refractivity contribution < 1.29 is 9.53 Å². The van der Waals surface area contributed by atoms with Gasteiger partial charge in [0, 0.05) is 10.6 Å². The number of carbonyl (C=O) groups excluding carboxylic acids is 1. The maximum atomic E-state index is 12.6. The molecule has 0 fully saturated rings. The molecule has 140 valence electrons. The molecule has 1 aromatic heterocycles. The van der Waals surface area contributed by atoms with Crippen LogP contribution in [0.15, 0.2) is 53.7 Å². The van der Waals surface area contributed by atoms with Crippen molar-refractivity contribution in [2.75, 3.05) is 18.3 Å². The number of amides is 1. The molecule has 9 heteroatoms. The third kappa shape index (κ3) is 4.35. The van der Waals surface area contributed by atoms with Crippen LogP contribution in [0.4, 0.5) is 5.69 Å². The van der Waals surface area contributed by atoms with Gasteiger partial charge in [-0.25, -0.2) is 4.68 Å². The molecular weight excluding hydrogens is 386 g/mol. The summed E-state index contributed by atoms with van der Waals surface area (Å²) in [6, 6.07) is 14.5. The minimum absolute atomic E-state index is 0.232. The van der Waals surface area contributed by atoms with Crippen molar-refractivity contribution in [3.63, 3.8) is 0 Å². The third-order valence-corrected chi connectivity index (χ3v) is 5.06. The van der Waals surface area contributed by atoms with E-state index in [4.69, 9.17) is 22.2 Å². The quantitative estimate of drug-likeness (QED) is 0.483. The first kappa shape index (κ1) is 19.1. The molecule has 0 saturated heterocycles. The second kappa shape index (κ2) is 8.32. The SMILES string of the molecule is COc1ccc(Cl)cc1NC(=O)C(C)Sc1nnc(-c2ccccc2)n1N. The van der Waals surface area contributed by atoms with Crippen LogP contribution in [0.1, 0.15) is 6.92 Å². The highest BCUT2D eigenvalue weighted by Gasteiger charge is 2.21. The Hall–Kier alpha value is -2.71. The molecule has 1 amide bonds. The van der Waals surface area contributed by atoms with Crippen LogP contribution >= 0.6 is 23.4 Å². The van der Waals surface area contributed by atoms with Gasteiger partial charge in [0.1, 0.15) is 5.75 Å². The summed E-state index contributed by atoms with van der Waals surface area (Å²) >= 11 is 7.21. The molecule has 1 unspecified atom stereocenters. The Bertz CT molecular complexity index is 948. The first-order valence-electron chi connectivity index (χ1n) is 8.06. The molecule has 0 aliphatic heterocycles. The summed E-state index contributed by atoms with van der Waals surface area (Å²) in [7, 11) is 1.53. The Morgan fingerprint density at radius 3 is 2.70 bits per heavy atom. The maximum absolute atomic E-state index is 12.6. The smallest absolute Gasteiger partial charge is 0.237 e. The van der Waals surface area contributed by atoms with Gasteiger partial charge in [0.2, 0.25) is 11.1 Å². The lowest BCUT2D eigenvalue weighted by atomic mass is 10.2. The lowest BCUT2D eigenvalue weighted by molar-refractivity contribution is -0.115. The number of methoxy groups -OCH3 is 1. The number of thioether (sulfide) groups is 1. The number of nitrogens with one attached hydrogen (secondary N) is 1. The van der Waals surface area contributed by atoms with Gasteiger partial charge in [0.05, 0.1) is 18.0 Å². The number of halogens is 1. The monoisotopic (exact) mass is 403 g/mol. The van der Waals surface area contributed by atoms with Gasteiger partial charge in [-0.2, -0.15) is 0 Å². The number of nitrogen functional groups attached to an aromatic ring is 1. The third-order valence-electron chi connectivity index (χ3n) is 3.77. The molecule has 0 bridgehead atoms. The molecular formula is C18H18ClN5O2S. The number of hydrogen-bond acceptors (Lipinski definition) is 6. The molecule has 1 heterocycles. The first-order chi connectivity index (χ1) is 13.0. The lowest BCUT2D eigenvalue weighted by Gasteiger charge is -2.14. The molecule has 0 saturated carbocycles. The Balaban J connectivity index is 1.72. The Morgan fingerprint density at radius 2 is 2.00 bits per heavy atom. The molecule has 2 aromatic carbocycles. The fraction of sp³-hybridized carbons (Fsp3) is 0.167. The van der Waals surface area contributed by atoms with Crippen molar-refractivity contribution in [1.29, 1.82) is 0 Å². The summed E-state index contributed by atoms with van der Waals surface area (Å²) in [5, 5.41) is 11.5. The number of anilines is 1. The van der Waals surface area contributed by atoms with E-state index in [-0.39, 0.29) is 5.91 Å². The average Bonchev–Trinajstić information content (AvgIpc) is 3.03. The molecule has 0 aliphatic rings.